The standard InChI is InChI=1S/C14H12ClNO3/c1-9(2)8-18-11-5-3-10(4-6-11)12-7-13(14(15)17)19-16-12/h3-7H,1,8H2,2H3. The lowest BCUT2D eigenvalue weighted by atomic mass is 10.1. The molecule has 0 aliphatic rings. The SMILES string of the molecule is C=C(C)COc1ccc(-c2cc(C(=O)Cl)on2)cc1. The topological polar surface area (TPSA) is 52.3 Å². The van der Waals surface area contributed by atoms with Crippen molar-refractivity contribution in [1.82, 2.24) is 5.16 Å². The molecule has 2 rings (SSSR count). The minimum absolute atomic E-state index is 0.0271. The highest BCUT2D eigenvalue weighted by Crippen LogP contribution is 2.23. The van der Waals surface area contributed by atoms with Crippen molar-refractivity contribution < 1.29 is 14.1 Å². The van der Waals surface area contributed by atoms with E-state index in [0.717, 1.165) is 16.9 Å². The van der Waals surface area contributed by atoms with Gasteiger partial charge < -0.3 is 9.26 Å². The Balaban J connectivity index is 2.12. The number of carbonyl (C=O) groups excluding carboxylic acids is 1. The van der Waals surface area contributed by atoms with Crippen LogP contribution in [0.2, 0.25) is 0 Å². The quantitative estimate of drug-likeness (QED) is 0.618. The van der Waals surface area contributed by atoms with E-state index in [1.807, 2.05) is 31.2 Å². The van der Waals surface area contributed by atoms with Crippen LogP contribution in [0.25, 0.3) is 11.3 Å². The molecule has 0 atom stereocenters. The van der Waals surface area contributed by atoms with Crippen LogP contribution in [-0.2, 0) is 0 Å². The van der Waals surface area contributed by atoms with Crippen molar-refractivity contribution >= 4 is 16.8 Å². The van der Waals surface area contributed by atoms with Gasteiger partial charge in [0.1, 0.15) is 18.1 Å². The molecule has 0 radical (unpaired) electrons. The highest BCUT2D eigenvalue weighted by Gasteiger charge is 2.11. The summed E-state index contributed by atoms with van der Waals surface area (Å²) >= 11 is 5.30. The summed E-state index contributed by atoms with van der Waals surface area (Å²) in [6.07, 6.45) is 0. The van der Waals surface area contributed by atoms with E-state index in [1.165, 1.54) is 6.07 Å². The molecule has 1 aromatic carbocycles. The van der Waals surface area contributed by atoms with Gasteiger partial charge in [-0.15, -0.1) is 0 Å². The van der Waals surface area contributed by atoms with Gasteiger partial charge in [-0.2, -0.15) is 0 Å². The van der Waals surface area contributed by atoms with Crippen LogP contribution in [0.5, 0.6) is 5.75 Å². The molecule has 0 spiro atoms. The van der Waals surface area contributed by atoms with Crippen molar-refractivity contribution in [3.05, 3.63) is 48.2 Å². The van der Waals surface area contributed by atoms with Crippen LogP contribution in [0.3, 0.4) is 0 Å². The Kier molecular flexibility index (Phi) is 4.02. The van der Waals surface area contributed by atoms with Gasteiger partial charge in [-0.25, -0.2) is 0 Å². The second-order valence-electron chi connectivity index (χ2n) is 4.12. The summed E-state index contributed by atoms with van der Waals surface area (Å²) in [7, 11) is 0. The van der Waals surface area contributed by atoms with E-state index in [1.54, 1.807) is 0 Å². The molecule has 0 fully saturated rings. The monoisotopic (exact) mass is 277 g/mol. The molecule has 0 unspecified atom stereocenters. The summed E-state index contributed by atoms with van der Waals surface area (Å²) in [5.74, 6) is 0.767. The third-order valence-electron chi connectivity index (χ3n) is 2.34. The molecule has 0 saturated carbocycles. The fourth-order valence-electron chi connectivity index (χ4n) is 1.43. The molecule has 0 amide bonds. The minimum Gasteiger partial charge on any atom is -0.489 e. The van der Waals surface area contributed by atoms with Crippen LogP contribution >= 0.6 is 11.6 Å². The van der Waals surface area contributed by atoms with Gasteiger partial charge in [-0.05, 0) is 48.4 Å². The molecule has 19 heavy (non-hydrogen) atoms. The van der Waals surface area contributed by atoms with Crippen LogP contribution in [0.1, 0.15) is 17.5 Å². The van der Waals surface area contributed by atoms with Crippen molar-refractivity contribution in [3.8, 4) is 17.0 Å². The molecule has 0 aliphatic heterocycles. The van der Waals surface area contributed by atoms with Gasteiger partial charge in [-0.1, -0.05) is 11.7 Å². The zero-order chi connectivity index (χ0) is 13.8. The first-order valence-corrected chi connectivity index (χ1v) is 5.98. The largest absolute Gasteiger partial charge is 0.489 e. The Labute approximate surface area is 115 Å². The van der Waals surface area contributed by atoms with Gasteiger partial charge in [-0.3, -0.25) is 4.79 Å². The van der Waals surface area contributed by atoms with Crippen LogP contribution < -0.4 is 4.74 Å². The Morgan fingerprint density at radius 3 is 2.63 bits per heavy atom. The van der Waals surface area contributed by atoms with Gasteiger partial charge in [0.25, 0.3) is 5.24 Å². The molecular formula is C14H12ClNO3. The Hall–Kier alpha value is -2.07. The molecule has 0 bridgehead atoms. The predicted molar refractivity (Wildman–Crippen MR) is 72.4 cm³/mol. The molecule has 0 aliphatic carbocycles. The number of benzene rings is 1. The summed E-state index contributed by atoms with van der Waals surface area (Å²) < 4.78 is 10.3. The molecule has 98 valence electrons. The van der Waals surface area contributed by atoms with Crippen LogP contribution in [0, 0.1) is 0 Å². The number of nitrogens with zero attached hydrogens (tertiary/aromatic N) is 1. The highest BCUT2D eigenvalue weighted by atomic mass is 35.5. The number of halogens is 1. The fraction of sp³-hybridized carbons (Fsp3) is 0.143. The number of hydrogen-bond acceptors (Lipinski definition) is 4. The van der Waals surface area contributed by atoms with Crippen LogP contribution in [0.15, 0.2) is 47.0 Å². The van der Waals surface area contributed by atoms with E-state index >= 15 is 0 Å². The van der Waals surface area contributed by atoms with E-state index < -0.39 is 5.24 Å². The third kappa shape index (κ3) is 3.45. The summed E-state index contributed by atoms with van der Waals surface area (Å²) in [6.45, 7) is 6.14. The van der Waals surface area contributed by atoms with Crippen molar-refractivity contribution in [3.63, 3.8) is 0 Å². The lowest BCUT2D eigenvalue weighted by molar-refractivity contribution is 0.104. The normalized spacial score (nSPS) is 10.2. The highest BCUT2D eigenvalue weighted by molar-refractivity contribution is 6.67. The maximum Gasteiger partial charge on any atom is 0.290 e. The van der Waals surface area contributed by atoms with E-state index in [9.17, 15) is 4.79 Å². The smallest absolute Gasteiger partial charge is 0.290 e. The summed E-state index contributed by atoms with van der Waals surface area (Å²) in [4.78, 5) is 10.9. The first-order chi connectivity index (χ1) is 9.06. The lowest BCUT2D eigenvalue weighted by Crippen LogP contribution is -1.97. The number of hydrogen-bond donors (Lipinski definition) is 0. The second-order valence-corrected chi connectivity index (χ2v) is 4.46. The van der Waals surface area contributed by atoms with Gasteiger partial charge >= 0.3 is 0 Å². The lowest BCUT2D eigenvalue weighted by Gasteiger charge is -2.05. The molecular weight excluding hydrogens is 266 g/mol. The Bertz CT molecular complexity index is 601. The molecule has 2 aromatic rings. The van der Waals surface area contributed by atoms with Crippen molar-refractivity contribution in [2.75, 3.05) is 6.61 Å². The average Bonchev–Trinajstić information content (AvgIpc) is 2.86. The Morgan fingerprint density at radius 1 is 1.42 bits per heavy atom. The van der Waals surface area contributed by atoms with Crippen LogP contribution in [-0.4, -0.2) is 17.0 Å². The number of aromatic nitrogens is 1. The first kappa shape index (κ1) is 13.4. The summed E-state index contributed by atoms with van der Waals surface area (Å²) in [5, 5.41) is 3.11. The van der Waals surface area contributed by atoms with Gasteiger partial charge in [0, 0.05) is 11.6 Å². The van der Waals surface area contributed by atoms with E-state index in [0.29, 0.717) is 12.3 Å². The maximum atomic E-state index is 10.9. The number of ether oxygens (including phenoxy) is 1. The zero-order valence-electron chi connectivity index (χ0n) is 10.4. The molecule has 0 N–H and O–H groups in total. The van der Waals surface area contributed by atoms with Crippen molar-refractivity contribution in [1.29, 1.82) is 0 Å². The molecule has 1 heterocycles. The summed E-state index contributed by atoms with van der Waals surface area (Å²) in [5.41, 5.74) is 2.32. The third-order valence-corrected chi connectivity index (χ3v) is 2.53. The van der Waals surface area contributed by atoms with Crippen molar-refractivity contribution in [2.24, 2.45) is 0 Å². The molecule has 5 heteroatoms. The fourth-order valence-corrected chi connectivity index (χ4v) is 1.52. The predicted octanol–water partition coefficient (Wildman–Crippen LogP) is 3.68. The van der Waals surface area contributed by atoms with Gasteiger partial charge in [0.05, 0.1) is 0 Å². The minimum atomic E-state index is -0.667. The zero-order valence-corrected chi connectivity index (χ0v) is 11.1. The maximum absolute atomic E-state index is 10.9. The van der Waals surface area contributed by atoms with E-state index in [4.69, 9.17) is 20.9 Å². The summed E-state index contributed by atoms with van der Waals surface area (Å²) in [6, 6.07) is 8.78. The average molecular weight is 278 g/mol. The molecule has 1 aromatic heterocycles. The van der Waals surface area contributed by atoms with E-state index in [-0.39, 0.29) is 5.76 Å². The molecule has 0 saturated heterocycles. The van der Waals surface area contributed by atoms with Crippen molar-refractivity contribution in [2.45, 2.75) is 6.92 Å². The molecule has 4 nitrogen and oxygen atoms in total. The van der Waals surface area contributed by atoms with E-state index in [2.05, 4.69) is 11.7 Å². The van der Waals surface area contributed by atoms with Gasteiger partial charge in [0.15, 0.2) is 0 Å². The Morgan fingerprint density at radius 2 is 2.11 bits per heavy atom. The second kappa shape index (κ2) is 5.71. The first-order valence-electron chi connectivity index (χ1n) is 5.60. The van der Waals surface area contributed by atoms with Gasteiger partial charge in [0.2, 0.25) is 5.76 Å². The van der Waals surface area contributed by atoms with Crippen LogP contribution in [0.4, 0.5) is 0 Å². The number of rotatable bonds is 5. The number of carbonyl (C=O) groups is 1.